The van der Waals surface area contributed by atoms with Gasteiger partial charge in [0.15, 0.2) is 9.84 Å². The molecule has 0 radical (unpaired) electrons. The van der Waals surface area contributed by atoms with Crippen LogP contribution < -0.4 is 15.5 Å². The molecule has 3 rings (SSSR count). The molecule has 2 N–H and O–H groups in total. The van der Waals surface area contributed by atoms with Crippen molar-refractivity contribution in [3.8, 4) is 0 Å². The summed E-state index contributed by atoms with van der Waals surface area (Å²) in [4.78, 5) is 27.1. The molecule has 7 nitrogen and oxygen atoms in total. The monoisotopic (exact) mass is 461 g/mol. The van der Waals surface area contributed by atoms with E-state index in [2.05, 4.69) is 29.4 Å². The lowest BCUT2D eigenvalue weighted by molar-refractivity contribution is -0.116. The van der Waals surface area contributed by atoms with E-state index < -0.39 is 9.84 Å². The number of hydrogen-bond acceptors (Lipinski definition) is 6. The van der Waals surface area contributed by atoms with Crippen molar-refractivity contribution in [3.63, 3.8) is 0 Å². The number of fused-ring (bicyclic) bond motifs is 1. The second-order valence-electron chi connectivity index (χ2n) is 7.28. The van der Waals surface area contributed by atoms with Gasteiger partial charge < -0.3 is 15.5 Å². The van der Waals surface area contributed by atoms with E-state index in [1.807, 2.05) is 25.1 Å². The summed E-state index contributed by atoms with van der Waals surface area (Å²) in [6, 6.07) is 10.5. The Morgan fingerprint density at radius 3 is 2.58 bits per heavy atom. The van der Waals surface area contributed by atoms with Gasteiger partial charge in [0.1, 0.15) is 0 Å². The van der Waals surface area contributed by atoms with Crippen LogP contribution in [0.2, 0.25) is 0 Å². The number of hydrogen-bond donors (Lipinski definition) is 2. The third-order valence-electron chi connectivity index (χ3n) is 5.15. The third-order valence-corrected chi connectivity index (χ3v) is 7.94. The van der Waals surface area contributed by atoms with Gasteiger partial charge in [-0.15, -0.1) is 11.8 Å². The molecule has 0 aliphatic carbocycles. The van der Waals surface area contributed by atoms with Gasteiger partial charge in [-0.25, -0.2) is 8.42 Å². The molecule has 0 atom stereocenters. The Hall–Kier alpha value is -2.52. The number of sulfone groups is 1. The molecule has 0 fully saturated rings. The maximum absolute atomic E-state index is 12.7. The molecule has 0 spiro atoms. The second kappa shape index (κ2) is 9.74. The average Bonchev–Trinajstić information content (AvgIpc) is 2.74. The Kier molecular flexibility index (Phi) is 7.27. The summed E-state index contributed by atoms with van der Waals surface area (Å²) in [7, 11) is -3.66. The molecule has 9 heteroatoms. The minimum atomic E-state index is -3.66. The van der Waals surface area contributed by atoms with E-state index in [-0.39, 0.29) is 28.9 Å². The molecule has 31 heavy (non-hydrogen) atoms. The number of benzene rings is 2. The Morgan fingerprint density at radius 1 is 1.16 bits per heavy atom. The van der Waals surface area contributed by atoms with Crippen molar-refractivity contribution in [2.45, 2.75) is 37.0 Å². The van der Waals surface area contributed by atoms with Gasteiger partial charge in [0.2, 0.25) is 11.8 Å². The molecule has 2 aromatic rings. The first-order valence-electron chi connectivity index (χ1n) is 10.2. The first kappa shape index (κ1) is 23.1. The normalized spacial score (nSPS) is 13.3. The summed E-state index contributed by atoms with van der Waals surface area (Å²) in [5, 5.41) is 5.50. The smallest absolute Gasteiger partial charge is 0.234 e. The molecule has 0 aromatic heterocycles. The van der Waals surface area contributed by atoms with Crippen LogP contribution in [-0.2, 0) is 19.4 Å². The highest BCUT2D eigenvalue weighted by atomic mass is 32.2. The molecule has 2 amide bonds. The van der Waals surface area contributed by atoms with E-state index in [0.717, 1.165) is 29.2 Å². The average molecular weight is 462 g/mol. The van der Waals surface area contributed by atoms with E-state index >= 15 is 0 Å². The number of nitrogens with one attached hydrogen (secondary N) is 2. The van der Waals surface area contributed by atoms with Crippen LogP contribution >= 0.6 is 11.8 Å². The molecule has 0 saturated heterocycles. The van der Waals surface area contributed by atoms with E-state index in [1.165, 1.54) is 23.9 Å². The van der Waals surface area contributed by atoms with E-state index in [1.54, 1.807) is 6.07 Å². The maximum Gasteiger partial charge on any atom is 0.234 e. The molecule has 0 bridgehead atoms. The van der Waals surface area contributed by atoms with Crippen LogP contribution in [0.1, 0.15) is 25.8 Å². The van der Waals surface area contributed by atoms with Gasteiger partial charge in [0, 0.05) is 35.8 Å². The number of carbonyl (C=O) groups excluding carboxylic acids is 2. The molecular formula is C22H27N3O4S2. The van der Waals surface area contributed by atoms with Crippen LogP contribution in [0.3, 0.4) is 0 Å². The molecule has 1 aliphatic heterocycles. The van der Waals surface area contributed by atoms with Gasteiger partial charge in [0.25, 0.3) is 0 Å². The van der Waals surface area contributed by atoms with Crippen LogP contribution in [0.5, 0.6) is 0 Å². The lowest BCUT2D eigenvalue weighted by atomic mass is 10.1. The lowest BCUT2D eigenvalue weighted by Crippen LogP contribution is -2.22. The number of anilines is 3. The Balaban J connectivity index is 1.64. The highest BCUT2D eigenvalue weighted by Crippen LogP contribution is 2.33. The van der Waals surface area contributed by atoms with Crippen molar-refractivity contribution in [2.24, 2.45) is 0 Å². The SMILES string of the molecule is CCN(CC)c1ccc(NC(=O)CCS(=O)(=O)c2ccc3c(c2)NC(=O)CS3)c(C)c1. The number of thioether (sulfide) groups is 1. The van der Waals surface area contributed by atoms with Gasteiger partial charge in [0.05, 0.1) is 22.1 Å². The van der Waals surface area contributed by atoms with E-state index in [9.17, 15) is 18.0 Å². The van der Waals surface area contributed by atoms with E-state index in [4.69, 9.17) is 0 Å². The van der Waals surface area contributed by atoms with Crippen molar-refractivity contribution < 1.29 is 18.0 Å². The molecule has 166 valence electrons. The highest BCUT2D eigenvalue weighted by Gasteiger charge is 2.21. The zero-order valence-corrected chi connectivity index (χ0v) is 19.5. The fourth-order valence-electron chi connectivity index (χ4n) is 3.39. The van der Waals surface area contributed by atoms with Crippen LogP contribution in [0.15, 0.2) is 46.2 Å². The third kappa shape index (κ3) is 5.59. The number of aryl methyl sites for hydroxylation is 1. The summed E-state index contributed by atoms with van der Waals surface area (Å²) < 4.78 is 25.4. The van der Waals surface area contributed by atoms with E-state index in [0.29, 0.717) is 17.1 Å². The molecule has 0 unspecified atom stereocenters. The first-order chi connectivity index (χ1) is 14.7. The van der Waals surface area contributed by atoms with Crippen molar-refractivity contribution in [1.29, 1.82) is 0 Å². The summed E-state index contributed by atoms with van der Waals surface area (Å²) in [6.07, 6.45) is -0.155. The Labute approximate surface area is 187 Å². The predicted octanol–water partition coefficient (Wildman–Crippen LogP) is 3.69. The lowest BCUT2D eigenvalue weighted by Gasteiger charge is -2.22. The summed E-state index contributed by atoms with van der Waals surface area (Å²) in [5.41, 5.74) is 3.17. The van der Waals surface area contributed by atoms with Gasteiger partial charge in [-0.05, 0) is 62.7 Å². The topological polar surface area (TPSA) is 95.6 Å². The fourth-order valence-corrected chi connectivity index (χ4v) is 5.44. The minimum absolute atomic E-state index is 0.0987. The first-order valence-corrected chi connectivity index (χ1v) is 12.8. The summed E-state index contributed by atoms with van der Waals surface area (Å²) >= 11 is 1.37. The second-order valence-corrected chi connectivity index (χ2v) is 10.4. The quantitative estimate of drug-likeness (QED) is 0.623. The number of carbonyl (C=O) groups is 2. The molecule has 0 saturated carbocycles. The standard InChI is InChI=1S/C22H27N3O4S2/c1-4-25(5-2)16-6-8-18(15(3)12-16)23-21(26)10-11-31(28,29)17-7-9-20-19(13-17)24-22(27)14-30-20/h6-9,12-13H,4-5,10-11,14H2,1-3H3,(H,23,26)(H,24,27). The number of amides is 2. The zero-order valence-electron chi connectivity index (χ0n) is 17.9. The molecule has 1 heterocycles. The maximum atomic E-state index is 12.7. The van der Waals surface area contributed by atoms with Gasteiger partial charge in [-0.3, -0.25) is 9.59 Å². The number of rotatable bonds is 8. The predicted molar refractivity (Wildman–Crippen MR) is 126 cm³/mol. The summed E-state index contributed by atoms with van der Waals surface area (Å²) in [6.45, 7) is 7.88. The Morgan fingerprint density at radius 2 is 1.90 bits per heavy atom. The van der Waals surface area contributed by atoms with Crippen molar-refractivity contribution in [1.82, 2.24) is 0 Å². The Bertz CT molecular complexity index is 1100. The van der Waals surface area contributed by atoms with Crippen LogP contribution in [0.25, 0.3) is 0 Å². The van der Waals surface area contributed by atoms with Gasteiger partial charge >= 0.3 is 0 Å². The van der Waals surface area contributed by atoms with Crippen LogP contribution in [0, 0.1) is 6.92 Å². The molecule has 1 aliphatic rings. The summed E-state index contributed by atoms with van der Waals surface area (Å²) in [5.74, 6) is -0.512. The van der Waals surface area contributed by atoms with Crippen molar-refractivity contribution in [3.05, 3.63) is 42.0 Å². The fraction of sp³-hybridized carbons (Fsp3) is 0.364. The van der Waals surface area contributed by atoms with Gasteiger partial charge in [-0.1, -0.05) is 0 Å². The van der Waals surface area contributed by atoms with Crippen molar-refractivity contribution >= 4 is 50.5 Å². The van der Waals surface area contributed by atoms with Gasteiger partial charge in [-0.2, -0.15) is 0 Å². The van der Waals surface area contributed by atoms with Crippen LogP contribution in [-0.4, -0.2) is 44.8 Å². The van der Waals surface area contributed by atoms with Crippen molar-refractivity contribution in [2.75, 3.05) is 40.1 Å². The van der Waals surface area contributed by atoms with Crippen LogP contribution in [0.4, 0.5) is 17.1 Å². The minimum Gasteiger partial charge on any atom is -0.372 e. The molecule has 2 aromatic carbocycles. The molecular weight excluding hydrogens is 434 g/mol. The zero-order chi connectivity index (χ0) is 22.6. The number of nitrogens with zero attached hydrogens (tertiary/aromatic N) is 1. The highest BCUT2D eigenvalue weighted by molar-refractivity contribution is 8.00. The largest absolute Gasteiger partial charge is 0.372 e.